The van der Waals surface area contributed by atoms with Crippen molar-refractivity contribution < 1.29 is 19.1 Å². The lowest BCUT2D eigenvalue weighted by atomic mass is 10.2. The molecular formula is C18H27N3O4. The molecule has 1 aromatic carbocycles. The van der Waals surface area contributed by atoms with Crippen LogP contribution >= 0.6 is 0 Å². The quantitative estimate of drug-likeness (QED) is 0.692. The van der Waals surface area contributed by atoms with Gasteiger partial charge in [-0.05, 0) is 38.1 Å². The largest absolute Gasteiger partial charge is 0.493 e. The summed E-state index contributed by atoms with van der Waals surface area (Å²) in [6.07, 6.45) is 1.52. The van der Waals surface area contributed by atoms with E-state index in [1.807, 2.05) is 44.0 Å². The van der Waals surface area contributed by atoms with Gasteiger partial charge in [0, 0.05) is 6.54 Å². The summed E-state index contributed by atoms with van der Waals surface area (Å²) in [7, 11) is 3.48. The molecule has 1 heterocycles. The van der Waals surface area contributed by atoms with E-state index in [4.69, 9.17) is 9.47 Å². The number of methoxy groups -OCH3 is 1. The molecule has 1 N–H and O–H groups in total. The van der Waals surface area contributed by atoms with Gasteiger partial charge in [0.05, 0.1) is 20.4 Å². The van der Waals surface area contributed by atoms with E-state index in [1.165, 1.54) is 4.90 Å². The van der Waals surface area contributed by atoms with E-state index in [0.29, 0.717) is 31.1 Å². The molecule has 25 heavy (non-hydrogen) atoms. The molecule has 0 radical (unpaired) electrons. The van der Waals surface area contributed by atoms with Crippen molar-refractivity contribution in [2.24, 2.45) is 0 Å². The Morgan fingerprint density at radius 1 is 1.24 bits per heavy atom. The van der Waals surface area contributed by atoms with E-state index in [-0.39, 0.29) is 18.6 Å². The third-order valence-corrected chi connectivity index (χ3v) is 4.05. The molecule has 0 unspecified atom stereocenters. The molecule has 1 saturated heterocycles. The van der Waals surface area contributed by atoms with Crippen LogP contribution in [0.5, 0.6) is 11.5 Å². The smallest absolute Gasteiger partial charge is 0.325 e. The van der Waals surface area contributed by atoms with Crippen molar-refractivity contribution in [3.05, 3.63) is 23.8 Å². The normalized spacial score (nSPS) is 17.2. The zero-order valence-electron chi connectivity index (χ0n) is 15.4. The summed E-state index contributed by atoms with van der Waals surface area (Å²) in [5.74, 6) is 1.22. The molecule has 1 fully saturated rings. The van der Waals surface area contributed by atoms with Crippen molar-refractivity contribution in [1.82, 2.24) is 15.1 Å². The molecule has 0 spiro atoms. The van der Waals surface area contributed by atoms with Crippen LogP contribution in [0.3, 0.4) is 0 Å². The number of amides is 3. The second-order valence-electron chi connectivity index (χ2n) is 6.13. The van der Waals surface area contributed by atoms with Gasteiger partial charge < -0.3 is 14.8 Å². The number of rotatable bonds is 9. The Balaban J connectivity index is 1.99. The summed E-state index contributed by atoms with van der Waals surface area (Å²) in [6.45, 7) is 5.32. The highest BCUT2D eigenvalue weighted by Gasteiger charge is 2.37. The molecule has 1 aromatic rings. The number of hydrogen-bond acceptors (Lipinski definition) is 5. The van der Waals surface area contributed by atoms with Crippen molar-refractivity contribution in [3.63, 3.8) is 0 Å². The monoisotopic (exact) mass is 349 g/mol. The number of urea groups is 1. The van der Waals surface area contributed by atoms with Gasteiger partial charge in [0.2, 0.25) is 0 Å². The average Bonchev–Trinajstić information content (AvgIpc) is 2.84. The molecule has 0 saturated carbocycles. The van der Waals surface area contributed by atoms with Gasteiger partial charge in [-0.2, -0.15) is 0 Å². The maximum absolute atomic E-state index is 12.3. The SMILES string of the molecule is CCC[C@H]1NC(=O)N(CN(C)Cc2ccc(OCC)c(OC)c2)C1=O. The lowest BCUT2D eigenvalue weighted by Crippen LogP contribution is -2.40. The first kappa shape index (κ1) is 19.1. The van der Waals surface area contributed by atoms with Crippen LogP contribution in [0.4, 0.5) is 4.79 Å². The van der Waals surface area contributed by atoms with Crippen LogP contribution in [-0.2, 0) is 11.3 Å². The number of carbonyl (C=O) groups excluding carboxylic acids is 2. The second-order valence-corrected chi connectivity index (χ2v) is 6.13. The zero-order chi connectivity index (χ0) is 18.4. The number of benzene rings is 1. The zero-order valence-corrected chi connectivity index (χ0v) is 15.4. The highest BCUT2D eigenvalue weighted by molar-refractivity contribution is 6.04. The average molecular weight is 349 g/mol. The Morgan fingerprint density at radius 2 is 2.00 bits per heavy atom. The summed E-state index contributed by atoms with van der Waals surface area (Å²) in [6, 6.07) is 5.02. The molecular weight excluding hydrogens is 322 g/mol. The predicted molar refractivity (Wildman–Crippen MR) is 94.6 cm³/mol. The molecule has 3 amide bonds. The van der Waals surface area contributed by atoms with Crippen molar-refractivity contribution >= 4 is 11.9 Å². The minimum atomic E-state index is -0.392. The van der Waals surface area contributed by atoms with Gasteiger partial charge in [0.25, 0.3) is 5.91 Å². The first-order valence-electron chi connectivity index (χ1n) is 8.60. The van der Waals surface area contributed by atoms with E-state index in [1.54, 1.807) is 7.11 Å². The van der Waals surface area contributed by atoms with Gasteiger partial charge in [-0.15, -0.1) is 0 Å². The first-order chi connectivity index (χ1) is 12.0. The third kappa shape index (κ3) is 4.63. The van der Waals surface area contributed by atoms with Crippen LogP contribution in [0.1, 0.15) is 32.3 Å². The molecule has 7 heteroatoms. The van der Waals surface area contributed by atoms with E-state index in [9.17, 15) is 9.59 Å². The van der Waals surface area contributed by atoms with Crippen LogP contribution in [0.25, 0.3) is 0 Å². The van der Waals surface area contributed by atoms with E-state index >= 15 is 0 Å². The number of hydrogen-bond donors (Lipinski definition) is 1. The molecule has 7 nitrogen and oxygen atoms in total. The van der Waals surface area contributed by atoms with Gasteiger partial charge in [-0.25, -0.2) is 9.69 Å². The molecule has 0 aromatic heterocycles. The molecule has 138 valence electrons. The summed E-state index contributed by atoms with van der Waals surface area (Å²) in [4.78, 5) is 27.5. The van der Waals surface area contributed by atoms with Gasteiger partial charge in [-0.1, -0.05) is 19.4 Å². The molecule has 1 aliphatic rings. The molecule has 1 aliphatic heterocycles. The van der Waals surface area contributed by atoms with Gasteiger partial charge >= 0.3 is 6.03 Å². The second kappa shape index (κ2) is 8.71. The molecule has 0 aliphatic carbocycles. The highest BCUT2D eigenvalue weighted by Crippen LogP contribution is 2.28. The van der Waals surface area contributed by atoms with Gasteiger partial charge in [0.1, 0.15) is 6.04 Å². The summed E-state index contributed by atoms with van der Waals surface area (Å²) in [5, 5.41) is 2.74. The summed E-state index contributed by atoms with van der Waals surface area (Å²) < 4.78 is 10.9. The standard InChI is InChI=1S/C18H27N3O4/c1-5-7-14-17(22)21(18(23)19-14)12-20(3)11-13-8-9-15(25-6-2)16(10-13)24-4/h8-10,14H,5-7,11-12H2,1-4H3,(H,19,23)/t14-/m1/s1. The van der Waals surface area contributed by atoms with Crippen molar-refractivity contribution in [2.75, 3.05) is 27.4 Å². The predicted octanol–water partition coefficient (Wildman–Crippen LogP) is 2.20. The Bertz CT molecular complexity index is 620. The lowest BCUT2D eigenvalue weighted by molar-refractivity contribution is -0.129. The number of carbonyl (C=O) groups is 2. The maximum Gasteiger partial charge on any atom is 0.325 e. The number of imide groups is 1. The van der Waals surface area contributed by atoms with Crippen molar-refractivity contribution in [2.45, 2.75) is 39.3 Å². The highest BCUT2D eigenvalue weighted by atomic mass is 16.5. The van der Waals surface area contributed by atoms with Crippen LogP contribution in [0, 0.1) is 0 Å². The number of ether oxygens (including phenoxy) is 2. The number of nitrogens with one attached hydrogen (secondary N) is 1. The van der Waals surface area contributed by atoms with Crippen LogP contribution < -0.4 is 14.8 Å². The van der Waals surface area contributed by atoms with E-state index < -0.39 is 6.04 Å². The fraction of sp³-hybridized carbons (Fsp3) is 0.556. The summed E-state index contributed by atoms with van der Waals surface area (Å²) >= 11 is 0. The maximum atomic E-state index is 12.3. The Hall–Kier alpha value is -2.28. The molecule has 2 rings (SSSR count). The van der Waals surface area contributed by atoms with Gasteiger partial charge in [0.15, 0.2) is 11.5 Å². The van der Waals surface area contributed by atoms with Crippen molar-refractivity contribution in [3.8, 4) is 11.5 Å². The Labute approximate surface area is 148 Å². The number of nitrogens with zero attached hydrogens (tertiary/aromatic N) is 2. The topological polar surface area (TPSA) is 71.1 Å². The fourth-order valence-electron chi connectivity index (χ4n) is 2.88. The summed E-state index contributed by atoms with van der Waals surface area (Å²) in [5.41, 5.74) is 1.01. The molecule has 1 atom stereocenters. The van der Waals surface area contributed by atoms with Crippen LogP contribution in [-0.4, -0.2) is 55.2 Å². The fourth-order valence-corrected chi connectivity index (χ4v) is 2.88. The van der Waals surface area contributed by atoms with Crippen LogP contribution in [0.2, 0.25) is 0 Å². The van der Waals surface area contributed by atoms with Crippen molar-refractivity contribution in [1.29, 1.82) is 0 Å². The minimum Gasteiger partial charge on any atom is -0.493 e. The minimum absolute atomic E-state index is 0.150. The van der Waals surface area contributed by atoms with Crippen LogP contribution in [0.15, 0.2) is 18.2 Å². The molecule has 0 bridgehead atoms. The first-order valence-corrected chi connectivity index (χ1v) is 8.60. The van der Waals surface area contributed by atoms with E-state index in [2.05, 4.69) is 5.32 Å². The Kier molecular flexibility index (Phi) is 6.64. The van der Waals surface area contributed by atoms with Gasteiger partial charge in [-0.3, -0.25) is 9.69 Å². The lowest BCUT2D eigenvalue weighted by Gasteiger charge is -2.22. The van der Waals surface area contributed by atoms with E-state index in [0.717, 1.165) is 12.0 Å². The third-order valence-electron chi connectivity index (χ3n) is 4.05. The Morgan fingerprint density at radius 3 is 2.64 bits per heavy atom.